The third-order valence-corrected chi connectivity index (χ3v) is 4.36. The number of halogens is 1. The predicted molar refractivity (Wildman–Crippen MR) is 91.7 cm³/mol. The molecule has 0 fully saturated rings. The maximum absolute atomic E-state index is 13.1. The van der Waals surface area contributed by atoms with Crippen LogP contribution in [-0.4, -0.2) is 11.7 Å². The number of anilines is 1. The Bertz CT molecular complexity index is 770. The van der Waals surface area contributed by atoms with Gasteiger partial charge in [0.05, 0.1) is 0 Å². The van der Waals surface area contributed by atoms with E-state index in [2.05, 4.69) is 5.32 Å². The van der Waals surface area contributed by atoms with Crippen LogP contribution in [0.2, 0.25) is 0 Å². The molecule has 4 heteroatoms. The number of Topliss-reactive ketones (excluding diaryl/α,β-unsaturated/α-hetero) is 1. The Morgan fingerprint density at radius 3 is 2.54 bits per heavy atom. The van der Waals surface area contributed by atoms with Gasteiger partial charge in [0.2, 0.25) is 5.91 Å². The first-order valence-corrected chi connectivity index (χ1v) is 8.32. The summed E-state index contributed by atoms with van der Waals surface area (Å²) >= 11 is 0. The lowest BCUT2D eigenvalue weighted by atomic mass is 9.89. The van der Waals surface area contributed by atoms with Crippen molar-refractivity contribution < 1.29 is 14.0 Å². The number of amides is 1. The summed E-state index contributed by atoms with van der Waals surface area (Å²) in [6.07, 6.45) is 4.73. The zero-order valence-corrected chi connectivity index (χ0v) is 13.5. The minimum atomic E-state index is -0.405. The van der Waals surface area contributed by atoms with Gasteiger partial charge < -0.3 is 5.32 Å². The second-order valence-corrected chi connectivity index (χ2v) is 6.17. The number of rotatable bonds is 5. The molecule has 0 atom stereocenters. The number of carbonyl (C=O) groups excluding carboxylic acids is 2. The molecule has 1 N–H and O–H groups in total. The Morgan fingerprint density at radius 2 is 1.75 bits per heavy atom. The summed E-state index contributed by atoms with van der Waals surface area (Å²) in [5.41, 5.74) is 3.67. The fourth-order valence-electron chi connectivity index (χ4n) is 3.07. The molecular weight excluding hydrogens is 305 g/mol. The quantitative estimate of drug-likeness (QED) is 0.833. The standard InChI is InChI=1S/C20H20FNO2/c21-17-6-3-7-18(13-17)22-20(24)11-10-19(23)16-9-8-14-4-1-2-5-15(14)12-16/h3,6-9,12-13H,1-2,4-5,10-11H2,(H,22,24). The van der Waals surface area contributed by atoms with Gasteiger partial charge in [-0.2, -0.15) is 0 Å². The number of nitrogens with one attached hydrogen (secondary N) is 1. The van der Waals surface area contributed by atoms with E-state index in [0.29, 0.717) is 11.3 Å². The molecule has 3 nitrogen and oxygen atoms in total. The van der Waals surface area contributed by atoms with E-state index in [4.69, 9.17) is 0 Å². The SMILES string of the molecule is O=C(CCC(=O)c1ccc2c(c1)CCCC2)Nc1cccc(F)c1. The van der Waals surface area contributed by atoms with E-state index in [0.717, 1.165) is 12.8 Å². The molecule has 0 unspecified atom stereocenters. The topological polar surface area (TPSA) is 46.2 Å². The molecule has 3 rings (SSSR count). The van der Waals surface area contributed by atoms with Gasteiger partial charge in [-0.15, -0.1) is 0 Å². The summed E-state index contributed by atoms with van der Waals surface area (Å²) in [5.74, 6) is -0.720. The van der Waals surface area contributed by atoms with Crippen molar-refractivity contribution in [3.05, 3.63) is 65.0 Å². The first kappa shape index (κ1) is 16.4. The number of aryl methyl sites for hydroxylation is 2. The van der Waals surface area contributed by atoms with E-state index >= 15 is 0 Å². The van der Waals surface area contributed by atoms with E-state index < -0.39 is 5.82 Å². The normalized spacial score (nSPS) is 13.2. The molecule has 0 bridgehead atoms. The summed E-state index contributed by atoms with van der Waals surface area (Å²) in [6, 6.07) is 11.6. The molecule has 1 aliphatic rings. The highest BCUT2D eigenvalue weighted by Gasteiger charge is 2.14. The molecule has 2 aromatic rings. The third kappa shape index (κ3) is 4.07. The van der Waals surface area contributed by atoms with E-state index in [1.165, 1.54) is 42.2 Å². The van der Waals surface area contributed by atoms with Crippen LogP contribution in [0, 0.1) is 5.82 Å². The fourth-order valence-corrected chi connectivity index (χ4v) is 3.07. The molecule has 24 heavy (non-hydrogen) atoms. The van der Waals surface area contributed by atoms with Gasteiger partial charge in [-0.05, 0) is 61.1 Å². The van der Waals surface area contributed by atoms with Crippen molar-refractivity contribution in [2.75, 3.05) is 5.32 Å². The number of fused-ring (bicyclic) bond motifs is 1. The second-order valence-electron chi connectivity index (χ2n) is 6.17. The van der Waals surface area contributed by atoms with Crippen LogP contribution in [0.1, 0.15) is 47.2 Å². The Labute approximate surface area is 140 Å². The first-order valence-electron chi connectivity index (χ1n) is 8.32. The maximum Gasteiger partial charge on any atom is 0.224 e. The van der Waals surface area contributed by atoms with Crippen LogP contribution in [0.25, 0.3) is 0 Å². The molecule has 0 aliphatic heterocycles. The maximum atomic E-state index is 13.1. The lowest BCUT2D eigenvalue weighted by molar-refractivity contribution is -0.116. The predicted octanol–water partition coefficient (Wildman–Crippen LogP) is 4.31. The van der Waals surface area contributed by atoms with E-state index in [1.807, 2.05) is 18.2 Å². The van der Waals surface area contributed by atoms with Crippen LogP contribution in [0.5, 0.6) is 0 Å². The molecule has 0 saturated heterocycles. The van der Waals surface area contributed by atoms with Gasteiger partial charge >= 0.3 is 0 Å². The van der Waals surface area contributed by atoms with Crippen LogP contribution in [0.4, 0.5) is 10.1 Å². The molecule has 2 aromatic carbocycles. The Balaban J connectivity index is 1.56. The summed E-state index contributed by atoms with van der Waals surface area (Å²) in [7, 11) is 0. The number of hydrogen-bond donors (Lipinski definition) is 1. The van der Waals surface area contributed by atoms with E-state index in [-0.39, 0.29) is 24.5 Å². The largest absolute Gasteiger partial charge is 0.326 e. The van der Waals surface area contributed by atoms with Crippen molar-refractivity contribution in [3.63, 3.8) is 0 Å². The molecule has 0 saturated carbocycles. The van der Waals surface area contributed by atoms with Crippen molar-refractivity contribution >= 4 is 17.4 Å². The van der Waals surface area contributed by atoms with Crippen molar-refractivity contribution in [3.8, 4) is 0 Å². The van der Waals surface area contributed by atoms with E-state index in [1.54, 1.807) is 6.07 Å². The highest BCUT2D eigenvalue weighted by Crippen LogP contribution is 2.23. The van der Waals surface area contributed by atoms with Crippen LogP contribution >= 0.6 is 0 Å². The van der Waals surface area contributed by atoms with Crippen LogP contribution in [-0.2, 0) is 17.6 Å². The third-order valence-electron chi connectivity index (χ3n) is 4.36. The smallest absolute Gasteiger partial charge is 0.224 e. The van der Waals surface area contributed by atoms with Crippen LogP contribution in [0.3, 0.4) is 0 Å². The Hall–Kier alpha value is -2.49. The molecule has 1 amide bonds. The lowest BCUT2D eigenvalue weighted by Gasteiger charge is -2.16. The van der Waals surface area contributed by atoms with Crippen LogP contribution < -0.4 is 5.32 Å². The van der Waals surface area contributed by atoms with Gasteiger partial charge in [0.15, 0.2) is 5.78 Å². The van der Waals surface area contributed by atoms with Gasteiger partial charge in [-0.25, -0.2) is 4.39 Å². The summed E-state index contributed by atoms with van der Waals surface area (Å²) in [4.78, 5) is 24.2. The number of benzene rings is 2. The van der Waals surface area contributed by atoms with Gasteiger partial charge in [-0.1, -0.05) is 18.2 Å². The average molecular weight is 325 g/mol. The zero-order valence-electron chi connectivity index (χ0n) is 13.5. The minimum absolute atomic E-state index is 0.0298. The first-order chi connectivity index (χ1) is 11.6. The van der Waals surface area contributed by atoms with Gasteiger partial charge in [0, 0.05) is 24.1 Å². The fraction of sp³-hybridized carbons (Fsp3) is 0.300. The lowest BCUT2D eigenvalue weighted by Crippen LogP contribution is -2.14. The average Bonchev–Trinajstić information content (AvgIpc) is 2.59. The molecule has 1 aliphatic carbocycles. The van der Waals surface area contributed by atoms with Crippen molar-refractivity contribution in [2.45, 2.75) is 38.5 Å². The highest BCUT2D eigenvalue weighted by atomic mass is 19.1. The number of ketones is 1. The highest BCUT2D eigenvalue weighted by molar-refractivity contribution is 6.00. The zero-order chi connectivity index (χ0) is 16.9. The number of carbonyl (C=O) groups is 2. The number of hydrogen-bond acceptors (Lipinski definition) is 2. The Morgan fingerprint density at radius 1 is 0.958 bits per heavy atom. The summed E-state index contributed by atoms with van der Waals surface area (Å²) in [6.45, 7) is 0. The molecule has 0 radical (unpaired) electrons. The minimum Gasteiger partial charge on any atom is -0.326 e. The van der Waals surface area contributed by atoms with Crippen molar-refractivity contribution in [1.29, 1.82) is 0 Å². The monoisotopic (exact) mass is 325 g/mol. The van der Waals surface area contributed by atoms with Crippen molar-refractivity contribution in [1.82, 2.24) is 0 Å². The van der Waals surface area contributed by atoms with Gasteiger partial charge in [0.1, 0.15) is 5.82 Å². The molecule has 0 heterocycles. The molecular formula is C20H20FNO2. The second kappa shape index (κ2) is 7.39. The van der Waals surface area contributed by atoms with Crippen LogP contribution in [0.15, 0.2) is 42.5 Å². The van der Waals surface area contributed by atoms with Crippen molar-refractivity contribution in [2.24, 2.45) is 0 Å². The van der Waals surface area contributed by atoms with Gasteiger partial charge in [-0.3, -0.25) is 9.59 Å². The summed E-state index contributed by atoms with van der Waals surface area (Å²) < 4.78 is 13.1. The van der Waals surface area contributed by atoms with Gasteiger partial charge in [0.25, 0.3) is 0 Å². The molecule has 0 spiro atoms. The van der Waals surface area contributed by atoms with E-state index in [9.17, 15) is 14.0 Å². The Kier molecular flexibility index (Phi) is 5.04. The molecule has 124 valence electrons. The molecule has 0 aromatic heterocycles. The summed E-state index contributed by atoms with van der Waals surface area (Å²) in [5, 5.41) is 2.61.